The predicted molar refractivity (Wildman–Crippen MR) is 107 cm³/mol. The number of sulfonamides is 1. The summed E-state index contributed by atoms with van der Waals surface area (Å²) in [5.74, 6) is -0.348. The van der Waals surface area contributed by atoms with Crippen molar-refractivity contribution in [3.8, 4) is 0 Å². The highest BCUT2D eigenvalue weighted by molar-refractivity contribution is 9.10. The van der Waals surface area contributed by atoms with Crippen LogP contribution in [0.1, 0.15) is 29.8 Å². The number of halogens is 2. The van der Waals surface area contributed by atoms with Crippen LogP contribution in [-0.4, -0.2) is 32.3 Å². The van der Waals surface area contributed by atoms with E-state index >= 15 is 0 Å². The molecule has 0 unspecified atom stereocenters. The molecule has 2 aromatic rings. The Balaban J connectivity index is 2.27. The van der Waals surface area contributed by atoms with E-state index in [1.54, 1.807) is 20.9 Å². The molecule has 0 radical (unpaired) electrons. The maximum atomic E-state index is 12.8. The molecule has 0 spiro atoms. The Morgan fingerprint density at radius 1 is 1.19 bits per heavy atom. The van der Waals surface area contributed by atoms with Crippen molar-refractivity contribution in [2.24, 2.45) is 0 Å². The van der Waals surface area contributed by atoms with Crippen LogP contribution in [0, 0.1) is 0 Å². The number of carbonyl (C=O) groups is 1. The molecule has 0 atom stereocenters. The topological polar surface area (TPSA) is 66.5 Å². The number of amides is 1. The molecule has 0 fully saturated rings. The van der Waals surface area contributed by atoms with Crippen molar-refractivity contribution in [3.05, 3.63) is 63.1 Å². The third-order valence-electron chi connectivity index (χ3n) is 3.55. The van der Waals surface area contributed by atoms with Crippen LogP contribution in [-0.2, 0) is 16.6 Å². The standard InChI is InChI=1S/C18H20BrClN2O3S/c1-12(2)21-26(24,25)15-8-9-17(20)16(10-15)18(23)22(3)11-13-4-6-14(19)7-5-13/h4-10,12,21H,11H2,1-3H3. The first-order chi connectivity index (χ1) is 12.1. The molecule has 0 heterocycles. The van der Waals surface area contributed by atoms with Gasteiger partial charge in [0.25, 0.3) is 5.91 Å². The summed E-state index contributed by atoms with van der Waals surface area (Å²) in [4.78, 5) is 14.3. The Bertz CT molecular complexity index is 899. The first kappa shape index (κ1) is 20.9. The van der Waals surface area contributed by atoms with Gasteiger partial charge < -0.3 is 4.90 Å². The van der Waals surface area contributed by atoms with Crippen LogP contribution < -0.4 is 4.72 Å². The smallest absolute Gasteiger partial charge is 0.255 e. The second-order valence-corrected chi connectivity index (χ2v) is 9.24. The molecule has 1 amide bonds. The van der Waals surface area contributed by atoms with Crippen molar-refractivity contribution in [1.82, 2.24) is 9.62 Å². The average Bonchev–Trinajstić information content (AvgIpc) is 2.55. The number of nitrogens with one attached hydrogen (secondary N) is 1. The van der Waals surface area contributed by atoms with E-state index in [0.717, 1.165) is 10.0 Å². The van der Waals surface area contributed by atoms with Crippen molar-refractivity contribution in [3.63, 3.8) is 0 Å². The summed E-state index contributed by atoms with van der Waals surface area (Å²) in [6.07, 6.45) is 0. The van der Waals surface area contributed by atoms with Gasteiger partial charge in [0, 0.05) is 24.1 Å². The van der Waals surface area contributed by atoms with E-state index in [0.29, 0.717) is 6.54 Å². The molecule has 1 N–H and O–H groups in total. The Morgan fingerprint density at radius 3 is 2.38 bits per heavy atom. The fourth-order valence-corrected chi connectivity index (χ4v) is 4.09. The SMILES string of the molecule is CC(C)NS(=O)(=O)c1ccc(Cl)c(C(=O)N(C)Cc2ccc(Br)cc2)c1. The first-order valence-corrected chi connectivity index (χ1v) is 10.6. The van der Waals surface area contributed by atoms with E-state index in [1.165, 1.54) is 23.1 Å². The molecule has 0 saturated carbocycles. The highest BCUT2D eigenvalue weighted by Crippen LogP contribution is 2.23. The van der Waals surface area contributed by atoms with Crippen LogP contribution in [0.25, 0.3) is 0 Å². The molecular formula is C18H20BrClN2O3S. The molecule has 140 valence electrons. The van der Waals surface area contributed by atoms with Gasteiger partial charge >= 0.3 is 0 Å². The molecule has 0 aliphatic heterocycles. The van der Waals surface area contributed by atoms with Gasteiger partial charge in [-0.05, 0) is 49.7 Å². The van der Waals surface area contributed by atoms with Gasteiger partial charge in [-0.15, -0.1) is 0 Å². The fourth-order valence-electron chi connectivity index (χ4n) is 2.35. The maximum absolute atomic E-state index is 12.8. The van der Waals surface area contributed by atoms with Crippen molar-refractivity contribution < 1.29 is 13.2 Å². The van der Waals surface area contributed by atoms with Crippen LogP contribution in [0.15, 0.2) is 51.8 Å². The minimum Gasteiger partial charge on any atom is -0.337 e. The molecule has 0 aromatic heterocycles. The molecule has 0 bridgehead atoms. The molecule has 0 saturated heterocycles. The zero-order chi connectivity index (χ0) is 19.5. The third kappa shape index (κ3) is 5.30. The second-order valence-electron chi connectivity index (χ2n) is 6.21. The zero-order valence-electron chi connectivity index (χ0n) is 14.7. The highest BCUT2D eigenvalue weighted by Gasteiger charge is 2.21. The molecule has 0 aliphatic carbocycles. The minimum absolute atomic E-state index is 0.0102. The molecule has 26 heavy (non-hydrogen) atoms. The van der Waals surface area contributed by atoms with Gasteiger partial charge in [-0.3, -0.25) is 4.79 Å². The van der Waals surface area contributed by atoms with Gasteiger partial charge in [0.1, 0.15) is 0 Å². The number of hydrogen-bond acceptors (Lipinski definition) is 3. The lowest BCUT2D eigenvalue weighted by molar-refractivity contribution is 0.0785. The molecule has 2 rings (SSSR count). The molecule has 2 aromatic carbocycles. The third-order valence-corrected chi connectivity index (χ3v) is 6.06. The lowest BCUT2D eigenvalue weighted by atomic mass is 10.1. The number of carbonyl (C=O) groups excluding carboxylic acids is 1. The van der Waals surface area contributed by atoms with Crippen LogP contribution in [0.3, 0.4) is 0 Å². The van der Waals surface area contributed by atoms with Crippen molar-refractivity contribution >= 4 is 43.5 Å². The van der Waals surface area contributed by atoms with Crippen LogP contribution >= 0.6 is 27.5 Å². The number of nitrogens with zero attached hydrogens (tertiary/aromatic N) is 1. The molecule has 5 nitrogen and oxygen atoms in total. The zero-order valence-corrected chi connectivity index (χ0v) is 17.8. The van der Waals surface area contributed by atoms with E-state index in [2.05, 4.69) is 20.7 Å². The quantitative estimate of drug-likeness (QED) is 0.708. The predicted octanol–water partition coefficient (Wildman–Crippen LogP) is 4.06. The van der Waals surface area contributed by atoms with Crippen LogP contribution in [0.4, 0.5) is 0 Å². The van der Waals surface area contributed by atoms with E-state index in [1.807, 2.05) is 24.3 Å². The van der Waals surface area contributed by atoms with Gasteiger partial charge in [-0.25, -0.2) is 13.1 Å². The van der Waals surface area contributed by atoms with Crippen molar-refractivity contribution in [2.75, 3.05) is 7.05 Å². The monoisotopic (exact) mass is 458 g/mol. The highest BCUT2D eigenvalue weighted by atomic mass is 79.9. The average molecular weight is 460 g/mol. The van der Waals surface area contributed by atoms with Gasteiger partial charge in [0.15, 0.2) is 0 Å². The summed E-state index contributed by atoms with van der Waals surface area (Å²) in [5.41, 5.74) is 1.10. The Kier molecular flexibility index (Phi) is 6.85. The van der Waals surface area contributed by atoms with Gasteiger partial charge in [0.2, 0.25) is 10.0 Å². The fraction of sp³-hybridized carbons (Fsp3) is 0.278. The largest absolute Gasteiger partial charge is 0.337 e. The first-order valence-electron chi connectivity index (χ1n) is 7.92. The van der Waals surface area contributed by atoms with Crippen molar-refractivity contribution in [1.29, 1.82) is 0 Å². The number of benzene rings is 2. The lowest BCUT2D eigenvalue weighted by Gasteiger charge is -2.19. The summed E-state index contributed by atoms with van der Waals surface area (Å²) in [6, 6.07) is 11.5. The van der Waals surface area contributed by atoms with E-state index in [9.17, 15) is 13.2 Å². The molecule has 0 aliphatic rings. The molecular weight excluding hydrogens is 440 g/mol. The maximum Gasteiger partial charge on any atom is 0.255 e. The summed E-state index contributed by atoms with van der Waals surface area (Å²) in [7, 11) is -2.06. The van der Waals surface area contributed by atoms with Crippen LogP contribution in [0.5, 0.6) is 0 Å². The molecule has 8 heteroatoms. The number of hydrogen-bond donors (Lipinski definition) is 1. The number of rotatable bonds is 6. The van der Waals surface area contributed by atoms with Gasteiger partial charge in [-0.2, -0.15) is 0 Å². The van der Waals surface area contributed by atoms with Crippen LogP contribution in [0.2, 0.25) is 5.02 Å². The summed E-state index contributed by atoms with van der Waals surface area (Å²) < 4.78 is 28.1. The summed E-state index contributed by atoms with van der Waals surface area (Å²) >= 11 is 9.52. The van der Waals surface area contributed by atoms with E-state index in [4.69, 9.17) is 11.6 Å². The summed E-state index contributed by atoms with van der Waals surface area (Å²) in [6.45, 7) is 3.83. The minimum atomic E-state index is -3.71. The lowest BCUT2D eigenvalue weighted by Crippen LogP contribution is -2.31. The van der Waals surface area contributed by atoms with Crippen molar-refractivity contribution in [2.45, 2.75) is 31.3 Å². The Morgan fingerprint density at radius 2 is 1.81 bits per heavy atom. The van der Waals surface area contributed by atoms with E-state index in [-0.39, 0.29) is 27.4 Å². The Labute approximate surface area is 167 Å². The summed E-state index contributed by atoms with van der Waals surface area (Å²) in [5, 5.41) is 0.209. The second kappa shape index (κ2) is 8.52. The van der Waals surface area contributed by atoms with Gasteiger partial charge in [-0.1, -0.05) is 39.7 Å². The van der Waals surface area contributed by atoms with E-state index < -0.39 is 10.0 Å². The normalized spacial score (nSPS) is 11.6. The van der Waals surface area contributed by atoms with Gasteiger partial charge in [0.05, 0.1) is 15.5 Å². The Hall–Kier alpha value is -1.41.